The predicted octanol–water partition coefficient (Wildman–Crippen LogP) is 2.59. The number of hydrogen-bond donors (Lipinski definition) is 2. The molecule has 0 amide bonds. The monoisotopic (exact) mass is 329 g/mol. The van der Waals surface area contributed by atoms with Crippen molar-refractivity contribution >= 4 is 0 Å². The van der Waals surface area contributed by atoms with E-state index in [4.69, 9.17) is 4.74 Å². The third-order valence-corrected chi connectivity index (χ3v) is 4.79. The van der Waals surface area contributed by atoms with Gasteiger partial charge in [0.2, 0.25) is 0 Å². The van der Waals surface area contributed by atoms with E-state index in [1.54, 1.807) is 0 Å². The Morgan fingerprint density at radius 2 is 2.00 bits per heavy atom. The number of nitrogens with one attached hydrogen (secondary N) is 1. The lowest BCUT2D eigenvalue weighted by Crippen LogP contribution is -2.40. The topological polar surface area (TPSA) is 61.4 Å². The highest BCUT2D eigenvalue weighted by atomic mass is 16.5. The quantitative estimate of drug-likeness (QED) is 0.820. The molecule has 2 N–H and O–H groups in total. The first-order valence-corrected chi connectivity index (χ1v) is 8.86. The van der Waals surface area contributed by atoms with E-state index in [1.807, 2.05) is 18.3 Å². The van der Waals surface area contributed by atoms with Crippen LogP contribution in [0.3, 0.4) is 0 Å². The van der Waals surface area contributed by atoms with Gasteiger partial charge in [0, 0.05) is 24.4 Å². The van der Waals surface area contributed by atoms with E-state index >= 15 is 0 Å². The summed E-state index contributed by atoms with van der Waals surface area (Å²) < 4.78 is 5.70. The van der Waals surface area contributed by atoms with Crippen LogP contribution in [0.25, 0.3) is 0 Å². The Labute approximate surface area is 143 Å². The molecule has 1 aliphatic rings. The number of β-amino-alcohol motifs (C(OH)–C–C–N with tert-alkyl or cyclic N) is 1. The van der Waals surface area contributed by atoms with Gasteiger partial charge >= 0.3 is 0 Å². The fourth-order valence-corrected chi connectivity index (χ4v) is 3.29. The Morgan fingerprint density at radius 3 is 2.62 bits per heavy atom. The number of aliphatic hydroxyl groups is 1. The van der Waals surface area contributed by atoms with Crippen LogP contribution >= 0.6 is 0 Å². The Balaban J connectivity index is 1.38. The lowest BCUT2D eigenvalue weighted by Gasteiger charge is -2.32. The summed E-state index contributed by atoms with van der Waals surface area (Å²) >= 11 is 0. The molecule has 1 aromatic heterocycles. The van der Waals surface area contributed by atoms with Crippen molar-refractivity contribution in [3.05, 3.63) is 47.8 Å². The summed E-state index contributed by atoms with van der Waals surface area (Å²) in [6.07, 6.45) is 4.59. The fourth-order valence-electron chi connectivity index (χ4n) is 3.29. The van der Waals surface area contributed by atoms with Gasteiger partial charge in [-0.3, -0.25) is 5.10 Å². The van der Waals surface area contributed by atoms with Crippen LogP contribution in [-0.2, 0) is 6.42 Å². The second-order valence-electron chi connectivity index (χ2n) is 6.55. The van der Waals surface area contributed by atoms with Crippen LogP contribution in [0.2, 0.25) is 0 Å². The normalized spacial score (nSPS) is 17.8. The molecule has 1 aromatic carbocycles. The van der Waals surface area contributed by atoms with Gasteiger partial charge < -0.3 is 14.7 Å². The molecule has 1 aliphatic heterocycles. The zero-order valence-electron chi connectivity index (χ0n) is 14.3. The van der Waals surface area contributed by atoms with E-state index in [-0.39, 0.29) is 0 Å². The molecule has 0 saturated carbocycles. The standard InChI is InChI=1S/C19H27N3O2/c1-2-15-3-5-18(6-4-15)24-14-17(23)13-22-11-8-16(9-12-22)19-7-10-20-21-19/h3-7,10,16-17,23H,2,8-9,11-14H2,1H3,(H,20,21). The van der Waals surface area contributed by atoms with Crippen molar-refractivity contribution in [2.75, 3.05) is 26.2 Å². The van der Waals surface area contributed by atoms with Crippen LogP contribution in [0.5, 0.6) is 5.75 Å². The first-order valence-electron chi connectivity index (χ1n) is 8.86. The van der Waals surface area contributed by atoms with Gasteiger partial charge in [-0.2, -0.15) is 5.10 Å². The first-order chi connectivity index (χ1) is 11.7. The van der Waals surface area contributed by atoms with Crippen molar-refractivity contribution in [3.63, 3.8) is 0 Å². The van der Waals surface area contributed by atoms with E-state index in [9.17, 15) is 5.11 Å². The SMILES string of the molecule is CCc1ccc(OCC(O)CN2CCC(c3ccn[nH]3)CC2)cc1. The van der Waals surface area contributed by atoms with Crippen molar-refractivity contribution in [3.8, 4) is 5.75 Å². The number of rotatable bonds is 7. The van der Waals surface area contributed by atoms with Gasteiger partial charge in [0.05, 0.1) is 0 Å². The highest BCUT2D eigenvalue weighted by Gasteiger charge is 2.23. The first kappa shape index (κ1) is 17.0. The summed E-state index contributed by atoms with van der Waals surface area (Å²) in [7, 11) is 0. The summed E-state index contributed by atoms with van der Waals surface area (Å²) in [4.78, 5) is 2.32. The number of hydrogen-bond acceptors (Lipinski definition) is 4. The summed E-state index contributed by atoms with van der Waals surface area (Å²) in [5.74, 6) is 1.39. The van der Waals surface area contributed by atoms with Gasteiger partial charge in [-0.1, -0.05) is 19.1 Å². The number of likely N-dealkylation sites (tertiary alicyclic amines) is 1. The molecule has 1 unspecified atom stereocenters. The molecule has 2 heterocycles. The minimum absolute atomic E-state index is 0.339. The third kappa shape index (κ3) is 4.58. The molecule has 5 nitrogen and oxygen atoms in total. The lowest BCUT2D eigenvalue weighted by molar-refractivity contribution is 0.0592. The summed E-state index contributed by atoms with van der Waals surface area (Å²) in [6, 6.07) is 10.2. The van der Waals surface area contributed by atoms with Crippen LogP contribution < -0.4 is 4.74 Å². The number of H-pyrrole nitrogens is 1. The maximum Gasteiger partial charge on any atom is 0.119 e. The highest BCUT2D eigenvalue weighted by Crippen LogP contribution is 2.26. The van der Waals surface area contributed by atoms with Crippen molar-refractivity contribution in [2.45, 2.75) is 38.2 Å². The fraction of sp³-hybridized carbons (Fsp3) is 0.526. The van der Waals surface area contributed by atoms with E-state index in [1.165, 1.54) is 11.3 Å². The van der Waals surface area contributed by atoms with Crippen LogP contribution in [0, 0.1) is 0 Å². The average molecular weight is 329 g/mol. The molecule has 1 saturated heterocycles. The van der Waals surface area contributed by atoms with Gasteiger partial charge in [-0.25, -0.2) is 0 Å². The Kier molecular flexibility index (Phi) is 5.88. The predicted molar refractivity (Wildman–Crippen MR) is 94.3 cm³/mol. The lowest BCUT2D eigenvalue weighted by atomic mass is 9.93. The Morgan fingerprint density at radius 1 is 1.25 bits per heavy atom. The zero-order chi connectivity index (χ0) is 16.8. The minimum Gasteiger partial charge on any atom is -0.491 e. The van der Waals surface area contributed by atoms with E-state index < -0.39 is 6.10 Å². The van der Waals surface area contributed by atoms with Crippen molar-refractivity contribution in [2.24, 2.45) is 0 Å². The number of aromatic amines is 1. The summed E-state index contributed by atoms with van der Waals surface area (Å²) in [5.41, 5.74) is 2.53. The number of benzene rings is 1. The average Bonchev–Trinajstić information content (AvgIpc) is 3.16. The van der Waals surface area contributed by atoms with Gasteiger partial charge in [0.25, 0.3) is 0 Å². The molecule has 1 atom stereocenters. The number of ether oxygens (including phenoxy) is 1. The largest absolute Gasteiger partial charge is 0.491 e. The van der Waals surface area contributed by atoms with Crippen LogP contribution in [0.1, 0.15) is 36.9 Å². The smallest absolute Gasteiger partial charge is 0.119 e. The Bertz CT molecular complexity index is 590. The molecular formula is C19H27N3O2. The Hall–Kier alpha value is -1.85. The number of aromatic nitrogens is 2. The number of aliphatic hydroxyl groups excluding tert-OH is 1. The second kappa shape index (κ2) is 8.31. The van der Waals surface area contributed by atoms with Gasteiger partial charge in [-0.15, -0.1) is 0 Å². The molecule has 24 heavy (non-hydrogen) atoms. The van der Waals surface area contributed by atoms with Crippen LogP contribution in [-0.4, -0.2) is 52.5 Å². The van der Waals surface area contributed by atoms with Crippen molar-refractivity contribution in [1.29, 1.82) is 0 Å². The maximum atomic E-state index is 10.2. The molecule has 5 heteroatoms. The molecule has 0 radical (unpaired) electrons. The molecule has 0 spiro atoms. The molecule has 1 fully saturated rings. The summed E-state index contributed by atoms with van der Waals surface area (Å²) in [6.45, 7) is 5.15. The molecular weight excluding hydrogens is 302 g/mol. The minimum atomic E-state index is -0.459. The van der Waals surface area contributed by atoms with E-state index in [0.717, 1.165) is 38.1 Å². The zero-order valence-corrected chi connectivity index (χ0v) is 14.3. The van der Waals surface area contributed by atoms with Crippen molar-refractivity contribution in [1.82, 2.24) is 15.1 Å². The van der Waals surface area contributed by atoms with Gasteiger partial charge in [0.15, 0.2) is 0 Å². The van der Waals surface area contributed by atoms with Gasteiger partial charge in [0.1, 0.15) is 18.5 Å². The third-order valence-electron chi connectivity index (χ3n) is 4.79. The second-order valence-corrected chi connectivity index (χ2v) is 6.55. The van der Waals surface area contributed by atoms with Crippen molar-refractivity contribution < 1.29 is 9.84 Å². The molecule has 130 valence electrons. The van der Waals surface area contributed by atoms with Gasteiger partial charge in [-0.05, 0) is 56.1 Å². The van der Waals surface area contributed by atoms with E-state index in [2.05, 4.69) is 40.2 Å². The molecule has 3 rings (SSSR count). The van der Waals surface area contributed by atoms with Crippen LogP contribution in [0.15, 0.2) is 36.5 Å². The molecule has 2 aromatic rings. The number of aryl methyl sites for hydroxylation is 1. The number of nitrogens with zero attached hydrogens (tertiary/aromatic N) is 2. The van der Waals surface area contributed by atoms with Crippen LogP contribution in [0.4, 0.5) is 0 Å². The highest BCUT2D eigenvalue weighted by molar-refractivity contribution is 5.27. The van der Waals surface area contributed by atoms with E-state index in [0.29, 0.717) is 19.1 Å². The number of piperidine rings is 1. The molecule has 0 bridgehead atoms. The summed E-state index contributed by atoms with van der Waals surface area (Å²) in [5, 5.41) is 17.3. The maximum absolute atomic E-state index is 10.2. The molecule has 0 aliphatic carbocycles.